The van der Waals surface area contributed by atoms with Gasteiger partial charge < -0.3 is 4.90 Å². The summed E-state index contributed by atoms with van der Waals surface area (Å²) in [7, 11) is 0. The maximum absolute atomic E-state index is 2.52. The Morgan fingerprint density at radius 3 is 1.47 bits per heavy atom. The Labute approximate surface area is 444 Å². The molecular weight excluding hydrogens is 903 g/mol. The summed E-state index contributed by atoms with van der Waals surface area (Å²) in [6.45, 7) is 14.0. The quantitative estimate of drug-likeness (QED) is 0.132. The topological polar surface area (TPSA) is 3.24 Å². The van der Waals surface area contributed by atoms with Crippen molar-refractivity contribution in [3.05, 3.63) is 294 Å². The van der Waals surface area contributed by atoms with Crippen molar-refractivity contribution in [2.45, 2.75) is 58.8 Å². The monoisotopic (exact) mass is 965 g/mol. The van der Waals surface area contributed by atoms with Crippen molar-refractivity contribution in [1.29, 1.82) is 0 Å². The van der Waals surface area contributed by atoms with Gasteiger partial charge in [0.15, 0.2) is 0 Å². The lowest BCUT2D eigenvalue weighted by Gasteiger charge is -2.36. The van der Waals surface area contributed by atoms with E-state index >= 15 is 0 Å². The molecule has 1 heteroatoms. The third-order valence-corrected chi connectivity index (χ3v) is 15.4. The van der Waals surface area contributed by atoms with Gasteiger partial charge >= 0.3 is 0 Å². The number of hydrogen-bond donors (Lipinski definition) is 0. The van der Waals surface area contributed by atoms with Crippen LogP contribution in [0.2, 0.25) is 0 Å². The van der Waals surface area contributed by atoms with Crippen molar-refractivity contribution in [1.82, 2.24) is 0 Å². The zero-order valence-electron chi connectivity index (χ0n) is 44.0. The van der Waals surface area contributed by atoms with Crippen LogP contribution in [0.4, 0.5) is 17.1 Å². The molecule has 75 heavy (non-hydrogen) atoms. The Morgan fingerprint density at radius 1 is 0.333 bits per heavy atom. The van der Waals surface area contributed by atoms with Gasteiger partial charge in [-0.1, -0.05) is 254 Å². The molecule has 0 spiro atoms. The molecule has 0 amide bonds. The summed E-state index contributed by atoms with van der Waals surface area (Å²) in [6.07, 6.45) is 0.995. The van der Waals surface area contributed by atoms with E-state index in [2.05, 4.69) is 307 Å². The number of fused-ring (bicyclic) bond motifs is 4. The van der Waals surface area contributed by atoms with Gasteiger partial charge in [-0.15, -0.1) is 0 Å². The van der Waals surface area contributed by atoms with Gasteiger partial charge in [0.25, 0.3) is 0 Å². The smallest absolute Gasteiger partial charge is 0.0714 e. The van der Waals surface area contributed by atoms with Crippen LogP contribution in [0, 0.1) is 5.41 Å². The second-order valence-corrected chi connectivity index (χ2v) is 22.8. The second-order valence-electron chi connectivity index (χ2n) is 22.8. The fourth-order valence-electron chi connectivity index (χ4n) is 11.8. The lowest BCUT2D eigenvalue weighted by molar-refractivity contribution is 0.411. The Bertz CT molecular complexity index is 3750. The van der Waals surface area contributed by atoms with E-state index in [0.717, 1.165) is 23.5 Å². The van der Waals surface area contributed by atoms with Crippen molar-refractivity contribution < 1.29 is 0 Å². The van der Waals surface area contributed by atoms with Crippen molar-refractivity contribution in [2.24, 2.45) is 5.41 Å². The standard InChI is InChI=1S/C74H63N/c1-72(2,3)50-51-30-37-60(38-31-51)74(62-27-17-26-61(48-62)73(4,5)6)70-47-58(57-24-15-25-59(46-57)67-29-16-23-56-22-13-14-28-66(56)67)36-44-68(70)69-45-43-65(49-71(69)74)75(63-39-32-54(33-40-63)52-18-9-7-10-19-52)64-41-34-55(35-42-64)53-20-11-8-12-21-53/h7-49H,50H2,1-6H3. The molecule has 0 N–H and O–H groups in total. The lowest BCUT2D eigenvalue weighted by atomic mass is 9.66. The van der Waals surface area contributed by atoms with Crippen LogP contribution in [0.5, 0.6) is 0 Å². The minimum Gasteiger partial charge on any atom is -0.310 e. The third-order valence-electron chi connectivity index (χ3n) is 15.4. The summed E-state index contributed by atoms with van der Waals surface area (Å²) < 4.78 is 0. The Kier molecular flexibility index (Phi) is 12.1. The molecule has 0 saturated heterocycles. The Morgan fingerprint density at radius 2 is 0.827 bits per heavy atom. The highest BCUT2D eigenvalue weighted by Gasteiger charge is 2.47. The first kappa shape index (κ1) is 47.5. The maximum Gasteiger partial charge on any atom is 0.0714 e. The molecule has 0 radical (unpaired) electrons. The van der Waals surface area contributed by atoms with Gasteiger partial charge in [-0.25, -0.2) is 0 Å². The molecule has 1 atom stereocenters. The fourth-order valence-corrected chi connectivity index (χ4v) is 11.8. The van der Waals surface area contributed by atoms with Crippen molar-refractivity contribution in [3.63, 3.8) is 0 Å². The highest BCUT2D eigenvalue weighted by atomic mass is 15.1. The van der Waals surface area contributed by atoms with E-state index < -0.39 is 5.41 Å². The fraction of sp³-hybridized carbons (Fsp3) is 0.135. The molecule has 1 aliphatic rings. The van der Waals surface area contributed by atoms with Gasteiger partial charge in [-0.3, -0.25) is 0 Å². The van der Waals surface area contributed by atoms with E-state index in [4.69, 9.17) is 0 Å². The molecule has 0 aromatic heterocycles. The molecule has 1 unspecified atom stereocenters. The van der Waals surface area contributed by atoms with Gasteiger partial charge in [0.1, 0.15) is 0 Å². The molecule has 364 valence electrons. The molecule has 0 aliphatic heterocycles. The van der Waals surface area contributed by atoms with E-state index in [0.29, 0.717) is 0 Å². The summed E-state index contributed by atoms with van der Waals surface area (Å²) in [5.74, 6) is 0. The Balaban J connectivity index is 1.09. The molecule has 1 aliphatic carbocycles. The average molecular weight is 966 g/mol. The molecule has 12 rings (SSSR count). The third kappa shape index (κ3) is 8.97. The minimum absolute atomic E-state index is 0.0710. The lowest BCUT2D eigenvalue weighted by Crippen LogP contribution is -2.29. The van der Waals surface area contributed by atoms with Gasteiger partial charge in [-0.05, 0) is 166 Å². The van der Waals surface area contributed by atoms with Crippen LogP contribution in [0.25, 0.3) is 66.4 Å². The van der Waals surface area contributed by atoms with E-state index in [9.17, 15) is 0 Å². The first-order valence-electron chi connectivity index (χ1n) is 26.6. The predicted octanol–water partition coefficient (Wildman–Crippen LogP) is 20.2. The molecule has 11 aromatic carbocycles. The number of benzene rings is 11. The average Bonchev–Trinajstić information content (AvgIpc) is 3.77. The van der Waals surface area contributed by atoms with Gasteiger partial charge in [0.05, 0.1) is 5.41 Å². The van der Waals surface area contributed by atoms with Crippen molar-refractivity contribution in [3.8, 4) is 55.6 Å². The van der Waals surface area contributed by atoms with Crippen LogP contribution in [-0.4, -0.2) is 0 Å². The molecular formula is C74H63N. The summed E-state index contributed by atoms with van der Waals surface area (Å²) in [4.78, 5) is 2.44. The molecule has 0 bridgehead atoms. The number of rotatable bonds is 10. The van der Waals surface area contributed by atoms with E-state index in [1.165, 1.54) is 99.8 Å². The van der Waals surface area contributed by atoms with E-state index in [1.54, 1.807) is 0 Å². The predicted molar refractivity (Wildman–Crippen MR) is 320 cm³/mol. The first-order valence-corrected chi connectivity index (χ1v) is 26.6. The van der Waals surface area contributed by atoms with E-state index in [1.807, 2.05) is 0 Å². The largest absolute Gasteiger partial charge is 0.310 e. The summed E-state index contributed by atoms with van der Waals surface area (Å²) in [5.41, 5.74) is 22.6. The van der Waals surface area contributed by atoms with Gasteiger partial charge in [0, 0.05) is 17.1 Å². The normalized spacial score (nSPS) is 14.1. The molecule has 0 fully saturated rings. The van der Waals surface area contributed by atoms with Gasteiger partial charge in [-0.2, -0.15) is 0 Å². The summed E-state index contributed by atoms with van der Waals surface area (Å²) in [5, 5.41) is 2.51. The molecule has 11 aromatic rings. The maximum atomic E-state index is 2.52. The number of nitrogens with zero attached hydrogens (tertiary/aromatic N) is 1. The molecule has 0 saturated carbocycles. The zero-order chi connectivity index (χ0) is 51.3. The van der Waals surface area contributed by atoms with Crippen LogP contribution in [0.1, 0.15) is 74.9 Å². The zero-order valence-corrected chi connectivity index (χ0v) is 44.0. The minimum atomic E-state index is -0.675. The molecule has 1 nitrogen and oxygen atoms in total. The van der Waals surface area contributed by atoms with E-state index in [-0.39, 0.29) is 10.8 Å². The summed E-state index contributed by atoms with van der Waals surface area (Å²) >= 11 is 0. The van der Waals surface area contributed by atoms with Crippen LogP contribution in [-0.2, 0) is 17.3 Å². The highest BCUT2D eigenvalue weighted by Crippen LogP contribution is 2.58. The Hall–Kier alpha value is -8.52. The first-order chi connectivity index (χ1) is 36.4. The number of hydrogen-bond acceptors (Lipinski definition) is 1. The van der Waals surface area contributed by atoms with Crippen LogP contribution < -0.4 is 4.90 Å². The van der Waals surface area contributed by atoms with Gasteiger partial charge in [0.2, 0.25) is 0 Å². The second kappa shape index (κ2) is 19.1. The van der Waals surface area contributed by atoms with Crippen LogP contribution >= 0.6 is 0 Å². The van der Waals surface area contributed by atoms with Crippen molar-refractivity contribution in [2.75, 3.05) is 4.90 Å². The van der Waals surface area contributed by atoms with Crippen LogP contribution in [0.3, 0.4) is 0 Å². The van der Waals surface area contributed by atoms with Crippen LogP contribution in [0.15, 0.2) is 261 Å². The SMILES string of the molecule is CC(C)(C)Cc1ccc(C2(c3cccc(C(C)(C)C)c3)c3cc(-c4cccc(-c5cccc6ccccc56)c4)ccc3-c3ccc(N(c4ccc(-c5ccccc5)cc4)c4ccc(-c5ccccc5)cc4)cc32)cc1. The van der Waals surface area contributed by atoms with Crippen molar-refractivity contribution >= 4 is 27.8 Å². The number of anilines is 3. The summed E-state index contributed by atoms with van der Waals surface area (Å²) in [6, 6.07) is 97.7. The molecule has 0 heterocycles. The highest BCUT2D eigenvalue weighted by molar-refractivity contribution is 5.98.